The maximum Gasteiger partial charge on any atom is 0.513 e. The Balaban J connectivity index is 1.92. The van der Waals surface area contributed by atoms with Gasteiger partial charge in [0, 0.05) is 21.5 Å². The van der Waals surface area contributed by atoms with Crippen LogP contribution in [0.15, 0.2) is 36.4 Å². The van der Waals surface area contributed by atoms with E-state index < -0.39 is 12.3 Å². The second-order valence-electron chi connectivity index (χ2n) is 10.4. The second-order valence-corrected chi connectivity index (χ2v) is 10.4. The van der Waals surface area contributed by atoms with Gasteiger partial charge >= 0.3 is 12.3 Å². The van der Waals surface area contributed by atoms with Crippen LogP contribution in [0.4, 0.5) is 9.59 Å². The highest BCUT2D eigenvalue weighted by molar-refractivity contribution is 6.12. The summed E-state index contributed by atoms with van der Waals surface area (Å²) in [5.41, 5.74) is 2.15. The molecule has 0 unspecified atom stereocenters. The summed E-state index contributed by atoms with van der Waals surface area (Å²) >= 11 is 0. The molecule has 6 nitrogen and oxygen atoms in total. The lowest BCUT2D eigenvalue weighted by molar-refractivity contribution is 0.0965. The summed E-state index contributed by atoms with van der Waals surface area (Å²) in [7, 11) is 0. The number of fused-ring (bicyclic) bond motifs is 2. The highest BCUT2D eigenvalue weighted by atomic mass is 16.7. The third-order valence-electron chi connectivity index (χ3n) is 7.27. The SMILES string of the molecule is CCCCCCCOC(=O)Oc1c2ccc(CC)cc2c(OC(=O)OCCCCCCC)c2cc(CC)ccc12. The predicted octanol–water partition coefficient (Wildman–Crippen LogP) is 10.1. The van der Waals surface area contributed by atoms with E-state index in [1.165, 1.54) is 25.7 Å². The lowest BCUT2D eigenvalue weighted by Gasteiger charge is -2.17. The van der Waals surface area contributed by atoms with Crippen LogP contribution >= 0.6 is 0 Å². The number of hydrogen-bond donors (Lipinski definition) is 0. The van der Waals surface area contributed by atoms with Gasteiger partial charge in [0.25, 0.3) is 0 Å². The van der Waals surface area contributed by atoms with Crippen LogP contribution in [0.2, 0.25) is 0 Å². The van der Waals surface area contributed by atoms with Crippen LogP contribution in [-0.4, -0.2) is 25.5 Å². The van der Waals surface area contributed by atoms with Gasteiger partial charge < -0.3 is 18.9 Å². The van der Waals surface area contributed by atoms with Crippen LogP contribution in [-0.2, 0) is 22.3 Å². The fourth-order valence-corrected chi connectivity index (χ4v) is 4.85. The zero-order chi connectivity index (χ0) is 28.7. The van der Waals surface area contributed by atoms with Crippen molar-refractivity contribution in [2.24, 2.45) is 0 Å². The molecular weight excluding hydrogens is 504 g/mol. The molecule has 3 aromatic carbocycles. The summed E-state index contributed by atoms with van der Waals surface area (Å²) in [5.74, 6) is 0.825. The third kappa shape index (κ3) is 8.87. The van der Waals surface area contributed by atoms with E-state index in [1.807, 2.05) is 36.4 Å². The van der Waals surface area contributed by atoms with Crippen LogP contribution in [0.3, 0.4) is 0 Å². The molecule has 6 heteroatoms. The Morgan fingerprint density at radius 1 is 0.525 bits per heavy atom. The number of aryl methyl sites for hydroxylation is 2. The van der Waals surface area contributed by atoms with Crippen molar-refractivity contribution in [2.45, 2.75) is 105 Å². The van der Waals surface area contributed by atoms with Crippen molar-refractivity contribution in [1.29, 1.82) is 0 Å². The average molecular weight is 551 g/mol. The van der Waals surface area contributed by atoms with Gasteiger partial charge in [-0.1, -0.05) is 103 Å². The summed E-state index contributed by atoms with van der Waals surface area (Å²) in [4.78, 5) is 25.6. The average Bonchev–Trinajstić information content (AvgIpc) is 2.97. The Morgan fingerprint density at radius 2 is 0.925 bits per heavy atom. The van der Waals surface area contributed by atoms with E-state index in [0.717, 1.165) is 62.5 Å². The fraction of sp³-hybridized carbons (Fsp3) is 0.529. The van der Waals surface area contributed by atoms with Gasteiger partial charge in [-0.05, 0) is 48.9 Å². The lowest BCUT2D eigenvalue weighted by Crippen LogP contribution is -2.14. The fourth-order valence-electron chi connectivity index (χ4n) is 4.85. The van der Waals surface area contributed by atoms with Crippen LogP contribution in [0.1, 0.15) is 103 Å². The number of ether oxygens (including phenoxy) is 4. The van der Waals surface area contributed by atoms with Gasteiger partial charge in [0.15, 0.2) is 0 Å². The number of benzene rings is 3. The second kappa shape index (κ2) is 16.7. The van der Waals surface area contributed by atoms with Gasteiger partial charge in [-0.25, -0.2) is 9.59 Å². The van der Waals surface area contributed by atoms with E-state index >= 15 is 0 Å². The largest absolute Gasteiger partial charge is 0.513 e. The number of hydrogen-bond acceptors (Lipinski definition) is 6. The first-order valence-corrected chi connectivity index (χ1v) is 15.2. The van der Waals surface area contributed by atoms with E-state index in [2.05, 4.69) is 27.7 Å². The summed E-state index contributed by atoms with van der Waals surface area (Å²) in [6.07, 6.45) is 10.8. The molecule has 3 rings (SSSR count). The Labute approximate surface area is 239 Å². The predicted molar refractivity (Wildman–Crippen MR) is 162 cm³/mol. The first-order chi connectivity index (χ1) is 19.5. The smallest absolute Gasteiger partial charge is 0.434 e. The van der Waals surface area contributed by atoms with Crippen LogP contribution in [0.25, 0.3) is 21.5 Å². The topological polar surface area (TPSA) is 71.1 Å². The van der Waals surface area contributed by atoms with E-state index in [4.69, 9.17) is 18.9 Å². The molecule has 218 valence electrons. The zero-order valence-electron chi connectivity index (χ0n) is 24.8. The van der Waals surface area contributed by atoms with Crippen molar-refractivity contribution >= 4 is 33.9 Å². The molecule has 0 saturated heterocycles. The molecular formula is C34H46O6. The van der Waals surface area contributed by atoms with Crippen molar-refractivity contribution in [3.8, 4) is 11.5 Å². The first-order valence-electron chi connectivity index (χ1n) is 15.2. The summed E-state index contributed by atoms with van der Waals surface area (Å²) < 4.78 is 22.6. The van der Waals surface area contributed by atoms with Crippen LogP contribution in [0.5, 0.6) is 11.5 Å². The quantitative estimate of drug-likeness (QED) is 0.0765. The zero-order valence-corrected chi connectivity index (χ0v) is 24.8. The Kier molecular flexibility index (Phi) is 13.1. The van der Waals surface area contributed by atoms with Gasteiger partial charge in [-0.15, -0.1) is 0 Å². The maximum absolute atomic E-state index is 12.8. The summed E-state index contributed by atoms with van der Waals surface area (Å²) in [6, 6.07) is 11.8. The van der Waals surface area contributed by atoms with Crippen molar-refractivity contribution in [1.82, 2.24) is 0 Å². The molecule has 0 saturated carbocycles. The Morgan fingerprint density at radius 3 is 1.32 bits per heavy atom. The molecule has 0 radical (unpaired) electrons. The Hall–Kier alpha value is -3.28. The van der Waals surface area contributed by atoms with E-state index in [9.17, 15) is 9.59 Å². The van der Waals surface area contributed by atoms with Crippen LogP contribution < -0.4 is 9.47 Å². The third-order valence-corrected chi connectivity index (χ3v) is 7.27. The van der Waals surface area contributed by atoms with Crippen molar-refractivity contribution in [2.75, 3.05) is 13.2 Å². The molecule has 3 aromatic rings. The molecule has 0 atom stereocenters. The van der Waals surface area contributed by atoms with Crippen molar-refractivity contribution in [3.63, 3.8) is 0 Å². The molecule has 0 aliphatic rings. The lowest BCUT2D eigenvalue weighted by atomic mass is 9.96. The van der Waals surface area contributed by atoms with E-state index in [-0.39, 0.29) is 0 Å². The maximum atomic E-state index is 12.8. The molecule has 0 aliphatic heterocycles. The number of carbonyl (C=O) groups is 2. The standard InChI is InChI=1S/C34H46O6/c1-5-9-11-13-15-21-37-33(35)39-31-27-19-17-25(7-3)23-29(27)32(30-24-26(8-4)18-20-28(30)31)40-34(36)38-22-16-14-12-10-6-2/h17-20,23-24H,5-16,21-22H2,1-4H3. The number of carbonyl (C=O) groups excluding carboxylic acids is 2. The van der Waals surface area contributed by atoms with Gasteiger partial charge in [0.1, 0.15) is 11.5 Å². The minimum absolute atomic E-state index is 0.323. The van der Waals surface area contributed by atoms with Gasteiger partial charge in [-0.2, -0.15) is 0 Å². The van der Waals surface area contributed by atoms with Crippen LogP contribution in [0, 0.1) is 0 Å². The normalized spacial score (nSPS) is 11.1. The van der Waals surface area contributed by atoms with E-state index in [0.29, 0.717) is 46.3 Å². The summed E-state index contributed by atoms with van der Waals surface area (Å²) in [5, 5.41) is 2.75. The monoisotopic (exact) mass is 550 g/mol. The summed E-state index contributed by atoms with van der Waals surface area (Å²) in [6.45, 7) is 9.13. The van der Waals surface area contributed by atoms with E-state index in [1.54, 1.807) is 0 Å². The number of rotatable bonds is 16. The molecule has 40 heavy (non-hydrogen) atoms. The minimum atomic E-state index is -0.728. The highest BCUT2D eigenvalue weighted by Crippen LogP contribution is 2.44. The molecule has 0 aromatic heterocycles. The first kappa shape index (κ1) is 31.3. The molecule has 0 fully saturated rings. The minimum Gasteiger partial charge on any atom is -0.434 e. The Bertz CT molecular complexity index is 1180. The molecule has 0 bridgehead atoms. The molecule has 0 amide bonds. The highest BCUT2D eigenvalue weighted by Gasteiger charge is 2.22. The van der Waals surface area contributed by atoms with Gasteiger partial charge in [0.05, 0.1) is 13.2 Å². The van der Waals surface area contributed by atoms with Crippen molar-refractivity contribution in [3.05, 3.63) is 47.5 Å². The van der Waals surface area contributed by atoms with Crippen molar-refractivity contribution < 1.29 is 28.5 Å². The number of unbranched alkanes of at least 4 members (excludes halogenated alkanes) is 8. The molecule has 0 aliphatic carbocycles. The molecule has 0 spiro atoms. The molecule has 0 N–H and O–H groups in total. The molecule has 0 heterocycles. The van der Waals surface area contributed by atoms with Gasteiger partial charge in [-0.3, -0.25) is 0 Å². The van der Waals surface area contributed by atoms with Gasteiger partial charge in [0.2, 0.25) is 0 Å².